The molecule has 3 rings (SSSR count). The maximum Gasteiger partial charge on any atom is 0.112 e. The van der Waals surface area contributed by atoms with E-state index >= 15 is 0 Å². The molecule has 3 aromatic rings. The van der Waals surface area contributed by atoms with Gasteiger partial charge in [0.05, 0.1) is 6.16 Å². The van der Waals surface area contributed by atoms with Gasteiger partial charge in [0.25, 0.3) is 0 Å². The molecule has 0 saturated carbocycles. The first-order chi connectivity index (χ1) is 12.6. The van der Waals surface area contributed by atoms with Crippen LogP contribution in [0, 0.1) is 20.8 Å². The molecule has 3 aromatic carbocycles. The fourth-order valence-electron chi connectivity index (χ4n) is 4.40. The Labute approximate surface area is 159 Å². The Hall–Kier alpha value is -1.91. The topological polar surface area (TPSA) is 0 Å². The number of benzene rings is 3. The summed E-state index contributed by atoms with van der Waals surface area (Å²) >= 11 is 0. The zero-order valence-electron chi connectivity index (χ0n) is 16.7. The van der Waals surface area contributed by atoms with Crippen LogP contribution >= 0.6 is 7.26 Å². The van der Waals surface area contributed by atoms with E-state index in [0.717, 1.165) is 12.6 Å². The third-order valence-electron chi connectivity index (χ3n) is 5.61. The summed E-state index contributed by atoms with van der Waals surface area (Å²) in [5.74, 6) is 0. The summed E-state index contributed by atoms with van der Waals surface area (Å²) in [7, 11) is -1.70. The van der Waals surface area contributed by atoms with Gasteiger partial charge in [-0.15, -0.1) is 0 Å². The number of rotatable bonds is 5. The van der Waals surface area contributed by atoms with Crippen molar-refractivity contribution in [1.82, 2.24) is 0 Å². The molecule has 134 valence electrons. The summed E-state index contributed by atoms with van der Waals surface area (Å²) in [5, 5.41) is 4.69. The Balaban J connectivity index is 2.49. The van der Waals surface area contributed by atoms with Crippen molar-refractivity contribution in [2.24, 2.45) is 0 Å². The second-order valence-corrected chi connectivity index (χ2v) is 10.8. The van der Waals surface area contributed by atoms with E-state index in [2.05, 4.69) is 101 Å². The quantitative estimate of drug-likeness (QED) is 0.527. The smallest absolute Gasteiger partial charge is 0.0617 e. The molecule has 0 fully saturated rings. The van der Waals surface area contributed by atoms with Gasteiger partial charge in [-0.25, -0.2) is 0 Å². The molecule has 0 nitrogen and oxygen atoms in total. The molecule has 0 atom stereocenters. The zero-order chi connectivity index (χ0) is 18.7. The van der Waals surface area contributed by atoms with Gasteiger partial charge < -0.3 is 0 Å². The Bertz CT molecular complexity index is 862. The van der Waals surface area contributed by atoms with Crippen LogP contribution in [-0.2, 0) is 6.42 Å². The van der Waals surface area contributed by atoms with E-state index in [0.29, 0.717) is 0 Å². The third-order valence-corrected chi connectivity index (χ3v) is 10.6. The van der Waals surface area contributed by atoms with E-state index < -0.39 is 7.26 Å². The lowest BCUT2D eigenvalue weighted by Gasteiger charge is -2.31. The molecule has 0 N–H and O–H groups in total. The van der Waals surface area contributed by atoms with E-state index in [9.17, 15) is 0 Å². The monoisotopic (exact) mass is 361 g/mol. The summed E-state index contributed by atoms with van der Waals surface area (Å²) in [6.07, 6.45) is 2.23. The van der Waals surface area contributed by atoms with Gasteiger partial charge >= 0.3 is 0 Å². The summed E-state index contributed by atoms with van der Waals surface area (Å²) in [5.41, 5.74) is 5.77. The molecule has 0 heterocycles. The lowest BCUT2D eigenvalue weighted by molar-refractivity contribution is 1.15. The first-order valence-electron chi connectivity index (χ1n) is 9.65. The molecule has 0 spiro atoms. The van der Waals surface area contributed by atoms with Gasteiger partial charge in [0.2, 0.25) is 0 Å². The molecule has 26 heavy (non-hydrogen) atoms. The predicted octanol–water partition coefficient (Wildman–Crippen LogP) is 5.49. The minimum atomic E-state index is -1.70. The lowest BCUT2D eigenvalue weighted by atomic mass is 10.1. The van der Waals surface area contributed by atoms with Gasteiger partial charge in [0.15, 0.2) is 0 Å². The van der Waals surface area contributed by atoms with Crippen molar-refractivity contribution in [3.05, 3.63) is 89.0 Å². The highest BCUT2D eigenvalue weighted by atomic mass is 31.2. The molecule has 0 radical (unpaired) electrons. The van der Waals surface area contributed by atoms with Gasteiger partial charge in [0, 0.05) is 0 Å². The number of hydrogen-bond donors (Lipinski definition) is 0. The van der Waals surface area contributed by atoms with Crippen LogP contribution in [0.4, 0.5) is 0 Å². The predicted molar refractivity (Wildman–Crippen MR) is 119 cm³/mol. The normalized spacial score (nSPS) is 11.6. The Morgan fingerprint density at radius 2 is 1.12 bits per heavy atom. The first-order valence-corrected chi connectivity index (χ1v) is 11.6. The molecule has 0 bridgehead atoms. The molecule has 0 aliphatic heterocycles. The van der Waals surface area contributed by atoms with E-state index in [4.69, 9.17) is 0 Å². The molecule has 0 aromatic heterocycles. The minimum absolute atomic E-state index is 1.08. The molecular formula is C25H30P+. The Morgan fingerprint density at radius 1 is 0.615 bits per heavy atom. The number of aryl methyl sites for hydroxylation is 4. The second-order valence-electron chi connectivity index (χ2n) is 7.14. The van der Waals surface area contributed by atoms with Crippen LogP contribution in [0.1, 0.15) is 36.1 Å². The highest BCUT2D eigenvalue weighted by Gasteiger charge is 2.47. The first kappa shape index (κ1) is 18.9. The fourth-order valence-corrected chi connectivity index (χ4v) is 9.58. The second kappa shape index (κ2) is 7.77. The van der Waals surface area contributed by atoms with E-state index in [1.165, 1.54) is 22.3 Å². The minimum Gasteiger partial charge on any atom is -0.0617 e. The van der Waals surface area contributed by atoms with Crippen molar-refractivity contribution in [1.29, 1.82) is 0 Å². The Kier molecular flexibility index (Phi) is 5.64. The number of hydrogen-bond acceptors (Lipinski definition) is 0. The fraction of sp³-hybridized carbons (Fsp3) is 0.280. The molecule has 0 unspecified atom stereocenters. The summed E-state index contributed by atoms with van der Waals surface area (Å²) in [6.45, 7) is 11.5. The van der Waals surface area contributed by atoms with Crippen LogP contribution in [0.25, 0.3) is 0 Å². The summed E-state index contributed by atoms with van der Waals surface area (Å²) in [4.78, 5) is 0. The van der Waals surface area contributed by atoms with Crippen LogP contribution in [0.5, 0.6) is 0 Å². The van der Waals surface area contributed by atoms with Crippen molar-refractivity contribution >= 4 is 23.2 Å². The largest absolute Gasteiger partial charge is 0.112 e. The third kappa shape index (κ3) is 3.01. The van der Waals surface area contributed by atoms with Gasteiger partial charge in [-0.2, -0.15) is 0 Å². The van der Waals surface area contributed by atoms with Crippen molar-refractivity contribution in [2.45, 2.75) is 41.0 Å². The van der Waals surface area contributed by atoms with Gasteiger partial charge in [-0.05, 0) is 68.5 Å². The highest BCUT2D eigenvalue weighted by Crippen LogP contribution is 2.57. The van der Waals surface area contributed by atoms with Crippen LogP contribution in [0.2, 0.25) is 0 Å². The molecule has 0 aliphatic carbocycles. The van der Waals surface area contributed by atoms with Crippen molar-refractivity contribution in [2.75, 3.05) is 6.16 Å². The lowest BCUT2D eigenvalue weighted by Crippen LogP contribution is -2.38. The van der Waals surface area contributed by atoms with Crippen molar-refractivity contribution in [3.8, 4) is 0 Å². The molecule has 0 saturated heterocycles. The van der Waals surface area contributed by atoms with Crippen molar-refractivity contribution < 1.29 is 0 Å². The molecule has 1 heteroatoms. The SMILES string of the molecule is CCc1cccc(C)c1[P+](CC)(c1ccccc1C)c1ccccc1C. The molecular weight excluding hydrogens is 331 g/mol. The van der Waals surface area contributed by atoms with Crippen molar-refractivity contribution in [3.63, 3.8) is 0 Å². The van der Waals surface area contributed by atoms with Gasteiger partial charge in [-0.3, -0.25) is 0 Å². The van der Waals surface area contributed by atoms with E-state index in [-0.39, 0.29) is 0 Å². The Morgan fingerprint density at radius 3 is 1.58 bits per heavy atom. The highest BCUT2D eigenvalue weighted by molar-refractivity contribution is 7.96. The van der Waals surface area contributed by atoms with Crippen LogP contribution in [0.15, 0.2) is 66.7 Å². The maximum atomic E-state index is 2.39. The average Bonchev–Trinajstić information content (AvgIpc) is 2.66. The van der Waals surface area contributed by atoms with Crippen LogP contribution in [0.3, 0.4) is 0 Å². The van der Waals surface area contributed by atoms with E-state index in [1.54, 1.807) is 15.9 Å². The average molecular weight is 361 g/mol. The molecule has 0 amide bonds. The van der Waals surface area contributed by atoms with E-state index in [1.807, 2.05) is 0 Å². The summed E-state index contributed by atoms with van der Waals surface area (Å²) in [6, 6.07) is 24.9. The van der Waals surface area contributed by atoms with Crippen LogP contribution < -0.4 is 15.9 Å². The van der Waals surface area contributed by atoms with Gasteiger partial charge in [-0.1, -0.05) is 61.5 Å². The van der Waals surface area contributed by atoms with Crippen LogP contribution in [-0.4, -0.2) is 6.16 Å². The van der Waals surface area contributed by atoms with Gasteiger partial charge in [0.1, 0.15) is 23.2 Å². The maximum absolute atomic E-state index is 2.39. The standard InChI is InChI=1S/C25H30P/c1-6-22-16-12-15-21(5)25(22)26(7-2,23-17-10-8-13-19(23)3)24-18-11-9-14-20(24)4/h8-18H,6-7H2,1-5H3/q+1. The summed E-state index contributed by atoms with van der Waals surface area (Å²) < 4.78 is 0. The molecule has 0 aliphatic rings. The zero-order valence-corrected chi connectivity index (χ0v) is 17.6.